The topological polar surface area (TPSA) is 69.2 Å². The van der Waals surface area contributed by atoms with E-state index in [1.165, 1.54) is 0 Å². The van der Waals surface area contributed by atoms with Crippen LogP contribution in [0.1, 0.15) is 51.4 Å². The largest absolute Gasteiger partial charge is 0.392 e. The summed E-state index contributed by atoms with van der Waals surface area (Å²) < 4.78 is 0. The number of hydrogen-bond donors (Lipinski definition) is 2. The standard InChI is InChI=1S/C20H27N3O2/c1-14(2)18(24)12-19(25)23-11-7-6-10-17(23)20-21-13-16(22-20)15-8-4-3-5-9-15/h3-5,8-9,13-14,17-18,24H,6-7,10-12H2,1-2H3,(H,21,22)/t17-,18-/m0/s1. The van der Waals surface area contributed by atoms with Crippen molar-refractivity contribution < 1.29 is 9.90 Å². The highest BCUT2D eigenvalue weighted by Crippen LogP contribution is 2.31. The van der Waals surface area contributed by atoms with Crippen LogP contribution in [0.25, 0.3) is 11.3 Å². The smallest absolute Gasteiger partial charge is 0.225 e. The third-order valence-electron chi connectivity index (χ3n) is 4.97. The number of likely N-dealkylation sites (tertiary alicyclic amines) is 1. The van der Waals surface area contributed by atoms with Gasteiger partial charge >= 0.3 is 0 Å². The van der Waals surface area contributed by atoms with Crippen LogP contribution in [0.5, 0.6) is 0 Å². The van der Waals surface area contributed by atoms with E-state index >= 15 is 0 Å². The highest BCUT2D eigenvalue weighted by atomic mass is 16.3. The number of H-pyrrole nitrogens is 1. The van der Waals surface area contributed by atoms with Crippen molar-refractivity contribution in [2.24, 2.45) is 5.92 Å². The lowest BCUT2D eigenvalue weighted by molar-refractivity contribution is -0.138. The van der Waals surface area contributed by atoms with Gasteiger partial charge in [-0.15, -0.1) is 0 Å². The molecule has 0 aliphatic carbocycles. The molecule has 0 bridgehead atoms. The predicted octanol–water partition coefficient (Wildman–Crippen LogP) is 3.54. The van der Waals surface area contributed by atoms with Crippen molar-refractivity contribution in [2.45, 2.75) is 51.7 Å². The summed E-state index contributed by atoms with van der Waals surface area (Å²) in [5, 5.41) is 10.1. The van der Waals surface area contributed by atoms with Crippen molar-refractivity contribution in [1.82, 2.24) is 14.9 Å². The summed E-state index contributed by atoms with van der Waals surface area (Å²) in [6, 6.07) is 10.0. The number of piperidine rings is 1. The fourth-order valence-corrected chi connectivity index (χ4v) is 3.32. The number of rotatable bonds is 5. The zero-order valence-corrected chi connectivity index (χ0v) is 15.0. The average molecular weight is 341 g/mol. The summed E-state index contributed by atoms with van der Waals surface area (Å²) in [5.41, 5.74) is 2.06. The summed E-state index contributed by atoms with van der Waals surface area (Å²) >= 11 is 0. The molecule has 0 spiro atoms. The van der Waals surface area contributed by atoms with E-state index in [4.69, 9.17) is 0 Å². The average Bonchev–Trinajstić information content (AvgIpc) is 3.12. The zero-order chi connectivity index (χ0) is 17.8. The number of aliphatic hydroxyl groups is 1. The van der Waals surface area contributed by atoms with Gasteiger partial charge < -0.3 is 15.0 Å². The summed E-state index contributed by atoms with van der Waals surface area (Å²) in [6.07, 6.45) is 4.43. The quantitative estimate of drug-likeness (QED) is 0.874. The molecule has 1 amide bonds. The Morgan fingerprint density at radius 3 is 2.80 bits per heavy atom. The summed E-state index contributed by atoms with van der Waals surface area (Å²) in [5.74, 6) is 0.940. The van der Waals surface area contributed by atoms with Crippen LogP contribution in [-0.4, -0.2) is 38.5 Å². The number of benzene rings is 1. The molecule has 5 nitrogen and oxygen atoms in total. The van der Waals surface area contributed by atoms with E-state index in [1.54, 1.807) is 0 Å². The predicted molar refractivity (Wildman–Crippen MR) is 97.8 cm³/mol. The normalized spacial score (nSPS) is 19.2. The first kappa shape index (κ1) is 17.7. The first-order valence-corrected chi connectivity index (χ1v) is 9.14. The highest BCUT2D eigenvalue weighted by molar-refractivity contribution is 5.77. The van der Waals surface area contributed by atoms with Crippen molar-refractivity contribution in [3.8, 4) is 11.3 Å². The minimum absolute atomic E-state index is 0.0172. The van der Waals surface area contributed by atoms with Crippen LogP contribution in [0, 0.1) is 5.92 Å². The van der Waals surface area contributed by atoms with Crippen molar-refractivity contribution in [3.05, 3.63) is 42.4 Å². The number of carbonyl (C=O) groups is 1. The van der Waals surface area contributed by atoms with E-state index in [1.807, 2.05) is 55.3 Å². The van der Waals surface area contributed by atoms with Crippen molar-refractivity contribution >= 4 is 5.91 Å². The highest BCUT2D eigenvalue weighted by Gasteiger charge is 2.31. The molecular weight excluding hydrogens is 314 g/mol. The van der Waals surface area contributed by atoms with Gasteiger partial charge in [-0.25, -0.2) is 4.98 Å². The molecule has 1 saturated heterocycles. The van der Waals surface area contributed by atoms with Crippen LogP contribution in [0.4, 0.5) is 0 Å². The monoisotopic (exact) mass is 341 g/mol. The number of aliphatic hydroxyl groups excluding tert-OH is 1. The molecule has 2 atom stereocenters. The van der Waals surface area contributed by atoms with Crippen molar-refractivity contribution in [2.75, 3.05) is 6.54 Å². The molecule has 25 heavy (non-hydrogen) atoms. The molecule has 5 heteroatoms. The summed E-state index contributed by atoms with van der Waals surface area (Å²) in [4.78, 5) is 22.5. The Labute approximate surface area is 149 Å². The van der Waals surface area contributed by atoms with Gasteiger partial charge in [-0.1, -0.05) is 44.2 Å². The van der Waals surface area contributed by atoms with Crippen LogP contribution in [0.2, 0.25) is 0 Å². The number of aromatic nitrogens is 2. The molecule has 0 unspecified atom stereocenters. The van der Waals surface area contributed by atoms with Crippen LogP contribution in [0.3, 0.4) is 0 Å². The SMILES string of the molecule is CC(C)[C@@H](O)CC(=O)N1CCCC[C@H]1c1ncc(-c2ccccc2)[nH]1. The van der Waals surface area contributed by atoms with E-state index < -0.39 is 6.10 Å². The van der Waals surface area contributed by atoms with Crippen LogP contribution in [-0.2, 0) is 4.79 Å². The van der Waals surface area contributed by atoms with E-state index in [0.29, 0.717) is 0 Å². The molecule has 2 N–H and O–H groups in total. The first-order chi connectivity index (χ1) is 12.1. The minimum atomic E-state index is -0.591. The maximum atomic E-state index is 12.7. The van der Waals surface area contributed by atoms with Gasteiger partial charge in [0.1, 0.15) is 5.82 Å². The maximum absolute atomic E-state index is 12.7. The van der Waals surface area contributed by atoms with Crippen LogP contribution < -0.4 is 0 Å². The van der Waals surface area contributed by atoms with E-state index in [-0.39, 0.29) is 24.3 Å². The molecule has 2 aromatic rings. The van der Waals surface area contributed by atoms with Crippen molar-refractivity contribution in [1.29, 1.82) is 0 Å². The molecule has 134 valence electrons. The molecule has 3 rings (SSSR count). The number of hydrogen-bond acceptors (Lipinski definition) is 3. The lowest BCUT2D eigenvalue weighted by Gasteiger charge is -2.35. The fourth-order valence-electron chi connectivity index (χ4n) is 3.32. The molecular formula is C20H27N3O2. The van der Waals surface area contributed by atoms with Gasteiger partial charge in [0, 0.05) is 6.54 Å². The van der Waals surface area contributed by atoms with E-state index in [0.717, 1.165) is 42.9 Å². The Morgan fingerprint density at radius 2 is 2.08 bits per heavy atom. The molecule has 1 fully saturated rings. The lowest BCUT2D eigenvalue weighted by Crippen LogP contribution is -2.40. The van der Waals surface area contributed by atoms with Crippen LogP contribution >= 0.6 is 0 Å². The number of aromatic amines is 1. The second-order valence-electron chi connectivity index (χ2n) is 7.16. The molecule has 1 aliphatic rings. The van der Waals surface area contributed by atoms with Gasteiger partial charge in [0.25, 0.3) is 0 Å². The van der Waals surface area contributed by atoms with E-state index in [9.17, 15) is 9.90 Å². The summed E-state index contributed by atoms with van der Waals surface area (Å²) in [7, 11) is 0. The third kappa shape index (κ3) is 4.10. The number of amides is 1. The first-order valence-electron chi connectivity index (χ1n) is 9.14. The number of imidazole rings is 1. The molecule has 0 radical (unpaired) electrons. The number of nitrogens with zero attached hydrogens (tertiary/aromatic N) is 2. The Hall–Kier alpha value is -2.14. The van der Waals surface area contributed by atoms with Crippen molar-refractivity contribution in [3.63, 3.8) is 0 Å². The minimum Gasteiger partial charge on any atom is -0.392 e. The Morgan fingerprint density at radius 1 is 1.32 bits per heavy atom. The maximum Gasteiger partial charge on any atom is 0.225 e. The van der Waals surface area contributed by atoms with Gasteiger partial charge in [-0.05, 0) is 30.7 Å². The molecule has 1 aromatic heterocycles. The second-order valence-corrected chi connectivity index (χ2v) is 7.16. The Kier molecular flexibility index (Phi) is 5.53. The molecule has 1 aliphatic heterocycles. The van der Waals surface area contributed by atoms with E-state index in [2.05, 4.69) is 9.97 Å². The molecule has 2 heterocycles. The molecule has 1 aromatic carbocycles. The lowest BCUT2D eigenvalue weighted by atomic mass is 9.98. The summed E-state index contributed by atoms with van der Waals surface area (Å²) in [6.45, 7) is 4.60. The zero-order valence-electron chi connectivity index (χ0n) is 15.0. The number of carbonyl (C=O) groups excluding carboxylic acids is 1. The van der Waals surface area contributed by atoms with Gasteiger partial charge in [0.15, 0.2) is 0 Å². The van der Waals surface area contributed by atoms with Gasteiger partial charge in [0.2, 0.25) is 5.91 Å². The second kappa shape index (κ2) is 7.83. The fraction of sp³-hybridized carbons (Fsp3) is 0.500. The van der Waals surface area contributed by atoms with Crippen LogP contribution in [0.15, 0.2) is 36.5 Å². The third-order valence-corrected chi connectivity index (χ3v) is 4.97. The van der Waals surface area contributed by atoms with Gasteiger partial charge in [0.05, 0.1) is 30.5 Å². The number of nitrogens with one attached hydrogen (secondary N) is 1. The van der Waals surface area contributed by atoms with Gasteiger partial charge in [-0.3, -0.25) is 4.79 Å². The Bertz CT molecular complexity index is 696. The molecule has 0 saturated carbocycles. The van der Waals surface area contributed by atoms with Gasteiger partial charge in [-0.2, -0.15) is 0 Å². The Balaban J connectivity index is 1.77.